The fourth-order valence-electron chi connectivity index (χ4n) is 5.54. The molecule has 2 heterocycles. The summed E-state index contributed by atoms with van der Waals surface area (Å²) in [6, 6.07) is 29.7. The molecule has 0 aliphatic carbocycles. The second-order valence-corrected chi connectivity index (χ2v) is 11.6. The minimum Gasteiger partial charge on any atom is -0.308 e. The normalized spacial score (nSPS) is 12.7. The number of thiazole rings is 1. The highest BCUT2D eigenvalue weighted by molar-refractivity contribution is 7.12. The van der Waals surface area contributed by atoms with Crippen LogP contribution < -0.4 is 4.90 Å². The SMILES string of the molecule is Cc1ccccc1C(=O)N1CCc2cc(-c3nc(CCCCc4ccc5ccccc5c4)sc3C)ccc21. The Balaban J connectivity index is 1.11. The van der Waals surface area contributed by atoms with Crippen LogP contribution in [-0.4, -0.2) is 17.4 Å². The van der Waals surface area contributed by atoms with E-state index < -0.39 is 0 Å². The van der Waals surface area contributed by atoms with Gasteiger partial charge >= 0.3 is 0 Å². The number of benzene rings is 4. The Morgan fingerprint density at radius 2 is 1.66 bits per heavy atom. The van der Waals surface area contributed by atoms with Crippen molar-refractivity contribution < 1.29 is 4.79 Å². The van der Waals surface area contributed by atoms with E-state index in [2.05, 4.69) is 67.6 Å². The summed E-state index contributed by atoms with van der Waals surface area (Å²) in [7, 11) is 0. The number of anilines is 1. The fourth-order valence-corrected chi connectivity index (χ4v) is 6.54. The van der Waals surface area contributed by atoms with Crippen LogP contribution in [0, 0.1) is 13.8 Å². The molecule has 38 heavy (non-hydrogen) atoms. The van der Waals surface area contributed by atoms with Gasteiger partial charge in [-0.1, -0.05) is 66.7 Å². The van der Waals surface area contributed by atoms with Gasteiger partial charge < -0.3 is 4.90 Å². The van der Waals surface area contributed by atoms with Crippen molar-refractivity contribution in [2.24, 2.45) is 0 Å². The molecule has 0 spiro atoms. The lowest BCUT2D eigenvalue weighted by atomic mass is 10.0. The molecule has 0 saturated carbocycles. The number of rotatable bonds is 7. The highest BCUT2D eigenvalue weighted by Crippen LogP contribution is 2.35. The topological polar surface area (TPSA) is 33.2 Å². The van der Waals surface area contributed by atoms with E-state index >= 15 is 0 Å². The monoisotopic (exact) mass is 516 g/mol. The molecule has 0 fully saturated rings. The van der Waals surface area contributed by atoms with E-state index in [9.17, 15) is 4.79 Å². The van der Waals surface area contributed by atoms with Crippen molar-refractivity contribution in [1.82, 2.24) is 4.98 Å². The van der Waals surface area contributed by atoms with Crippen LogP contribution >= 0.6 is 11.3 Å². The Morgan fingerprint density at radius 3 is 2.53 bits per heavy atom. The minimum atomic E-state index is 0.0883. The first-order chi connectivity index (χ1) is 18.6. The van der Waals surface area contributed by atoms with Crippen molar-refractivity contribution in [2.75, 3.05) is 11.4 Å². The van der Waals surface area contributed by atoms with Crippen molar-refractivity contribution in [3.8, 4) is 11.3 Å². The largest absolute Gasteiger partial charge is 0.308 e. The smallest absolute Gasteiger partial charge is 0.258 e. The van der Waals surface area contributed by atoms with E-state index in [0.717, 1.165) is 66.7 Å². The fraction of sp³-hybridized carbons (Fsp3) is 0.235. The van der Waals surface area contributed by atoms with Crippen molar-refractivity contribution in [3.05, 3.63) is 117 Å². The molecular formula is C34H32N2OS. The molecular weight excluding hydrogens is 484 g/mol. The van der Waals surface area contributed by atoms with E-state index in [0.29, 0.717) is 0 Å². The van der Waals surface area contributed by atoms with Crippen LogP contribution in [0.5, 0.6) is 0 Å². The molecule has 5 aromatic rings. The highest BCUT2D eigenvalue weighted by atomic mass is 32.1. The summed E-state index contributed by atoms with van der Waals surface area (Å²) in [5.41, 5.74) is 7.72. The van der Waals surface area contributed by atoms with Gasteiger partial charge in [-0.05, 0) is 91.6 Å². The lowest BCUT2D eigenvalue weighted by Gasteiger charge is -2.18. The molecule has 0 unspecified atom stereocenters. The number of fused-ring (bicyclic) bond motifs is 2. The maximum absolute atomic E-state index is 13.2. The number of hydrogen-bond acceptors (Lipinski definition) is 3. The Bertz CT molecular complexity index is 1630. The molecule has 4 aromatic carbocycles. The first-order valence-electron chi connectivity index (χ1n) is 13.5. The van der Waals surface area contributed by atoms with Crippen LogP contribution in [0.4, 0.5) is 5.69 Å². The zero-order chi connectivity index (χ0) is 26.1. The van der Waals surface area contributed by atoms with Gasteiger partial charge in [0.2, 0.25) is 0 Å². The summed E-state index contributed by atoms with van der Waals surface area (Å²) >= 11 is 1.82. The minimum absolute atomic E-state index is 0.0883. The number of nitrogens with zero attached hydrogens (tertiary/aromatic N) is 2. The number of aromatic nitrogens is 1. The first kappa shape index (κ1) is 24.6. The number of carbonyl (C=O) groups is 1. The standard InChI is InChI=1S/C34H32N2OS/c1-23-9-3-7-13-30(23)34(37)36-20-19-28-22-29(17-18-31(28)36)33-24(2)38-32(35-33)14-8-4-10-25-15-16-26-11-5-6-12-27(26)21-25/h3,5-7,9,11-13,15-18,21-22H,4,8,10,14,19-20H2,1-2H3. The maximum Gasteiger partial charge on any atom is 0.258 e. The van der Waals surface area contributed by atoms with Crippen molar-refractivity contribution >= 4 is 33.7 Å². The van der Waals surface area contributed by atoms with Gasteiger partial charge in [-0.25, -0.2) is 4.98 Å². The summed E-state index contributed by atoms with van der Waals surface area (Å²) in [4.78, 5) is 21.5. The lowest BCUT2D eigenvalue weighted by molar-refractivity contribution is 0.0989. The summed E-state index contributed by atoms with van der Waals surface area (Å²) in [6.07, 6.45) is 5.30. The highest BCUT2D eigenvalue weighted by Gasteiger charge is 2.27. The molecule has 0 N–H and O–H groups in total. The Hall–Kier alpha value is -3.76. The van der Waals surface area contributed by atoms with Crippen molar-refractivity contribution in [1.29, 1.82) is 0 Å². The number of amides is 1. The molecule has 1 aliphatic rings. The van der Waals surface area contributed by atoms with Crippen LogP contribution in [-0.2, 0) is 19.3 Å². The van der Waals surface area contributed by atoms with Gasteiger partial charge in [0.05, 0.1) is 10.7 Å². The second kappa shape index (κ2) is 10.5. The van der Waals surface area contributed by atoms with E-state index in [1.807, 2.05) is 47.4 Å². The van der Waals surface area contributed by atoms with E-state index in [4.69, 9.17) is 4.98 Å². The zero-order valence-electron chi connectivity index (χ0n) is 22.0. The van der Waals surface area contributed by atoms with Crippen LogP contribution in [0.3, 0.4) is 0 Å². The van der Waals surface area contributed by atoms with Crippen molar-refractivity contribution in [3.63, 3.8) is 0 Å². The number of carbonyl (C=O) groups excluding carboxylic acids is 1. The third kappa shape index (κ3) is 4.89. The summed E-state index contributed by atoms with van der Waals surface area (Å²) in [5.74, 6) is 0.0883. The number of unbranched alkanes of at least 4 members (excludes halogenated alkanes) is 1. The van der Waals surface area contributed by atoms with Crippen LogP contribution in [0.1, 0.15) is 49.8 Å². The maximum atomic E-state index is 13.2. The van der Waals surface area contributed by atoms with Gasteiger partial charge in [-0.15, -0.1) is 11.3 Å². The van der Waals surface area contributed by atoms with E-state index in [1.54, 1.807) is 0 Å². The van der Waals surface area contributed by atoms with Crippen molar-refractivity contribution in [2.45, 2.75) is 46.0 Å². The average Bonchev–Trinajstić information content (AvgIpc) is 3.53. The quantitative estimate of drug-likeness (QED) is 0.204. The van der Waals surface area contributed by atoms with Gasteiger partial charge in [0, 0.05) is 28.2 Å². The van der Waals surface area contributed by atoms with Gasteiger partial charge in [0.1, 0.15) is 0 Å². The lowest BCUT2D eigenvalue weighted by Crippen LogP contribution is -2.29. The molecule has 0 radical (unpaired) electrons. The third-order valence-corrected chi connectivity index (χ3v) is 8.66. The van der Waals surface area contributed by atoms with Crippen LogP contribution in [0.25, 0.3) is 22.0 Å². The van der Waals surface area contributed by atoms with E-state index in [-0.39, 0.29) is 5.91 Å². The van der Waals surface area contributed by atoms with Gasteiger partial charge in [-0.2, -0.15) is 0 Å². The molecule has 190 valence electrons. The Labute approximate surface area is 228 Å². The average molecular weight is 517 g/mol. The first-order valence-corrected chi connectivity index (χ1v) is 14.3. The molecule has 4 heteroatoms. The molecule has 3 nitrogen and oxygen atoms in total. The summed E-state index contributed by atoms with van der Waals surface area (Å²) in [5, 5.41) is 3.84. The molecule has 6 rings (SSSR count). The second-order valence-electron chi connectivity index (χ2n) is 10.3. The zero-order valence-corrected chi connectivity index (χ0v) is 22.9. The molecule has 1 aliphatic heterocycles. The Kier molecular flexibility index (Phi) is 6.82. The predicted octanol–water partition coefficient (Wildman–Crippen LogP) is 8.35. The molecule has 0 saturated heterocycles. The van der Waals surface area contributed by atoms with Crippen LogP contribution in [0.2, 0.25) is 0 Å². The molecule has 1 aromatic heterocycles. The number of aryl methyl sites for hydroxylation is 4. The summed E-state index contributed by atoms with van der Waals surface area (Å²) in [6.45, 7) is 4.90. The van der Waals surface area contributed by atoms with E-state index in [1.165, 1.54) is 31.8 Å². The summed E-state index contributed by atoms with van der Waals surface area (Å²) < 4.78 is 0. The van der Waals surface area contributed by atoms with Gasteiger partial charge in [0.15, 0.2) is 0 Å². The van der Waals surface area contributed by atoms with Gasteiger partial charge in [-0.3, -0.25) is 4.79 Å². The third-order valence-electron chi connectivity index (χ3n) is 7.63. The predicted molar refractivity (Wildman–Crippen MR) is 159 cm³/mol. The molecule has 0 atom stereocenters. The molecule has 0 bridgehead atoms. The van der Waals surface area contributed by atoms with Gasteiger partial charge in [0.25, 0.3) is 5.91 Å². The number of hydrogen-bond donors (Lipinski definition) is 0. The molecule has 1 amide bonds. The Morgan fingerprint density at radius 1 is 0.868 bits per heavy atom. The van der Waals surface area contributed by atoms with Crippen LogP contribution in [0.15, 0.2) is 84.9 Å².